The Kier molecular flexibility index (Phi) is 7.36. The zero-order chi connectivity index (χ0) is 25.3. The van der Waals surface area contributed by atoms with E-state index in [1.165, 1.54) is 23.7 Å². The monoisotopic (exact) mass is 514 g/mol. The smallest absolute Gasteiger partial charge is 0.417 e. The Bertz CT molecular complexity index is 1140. The number of fused-ring (bicyclic) bond motifs is 1. The molecular weight excluding hydrogens is 491 g/mol. The molecule has 2 aromatic heterocycles. The van der Waals surface area contributed by atoms with Gasteiger partial charge in [0.15, 0.2) is 11.8 Å². The fourth-order valence-corrected chi connectivity index (χ4v) is 5.09. The number of rotatable bonds is 8. The van der Waals surface area contributed by atoms with Crippen molar-refractivity contribution in [2.75, 3.05) is 24.7 Å². The number of carbonyl (C=O) groups excluding carboxylic acids is 1. The highest BCUT2D eigenvalue weighted by molar-refractivity contribution is 7.91. The molecule has 0 aromatic carbocycles. The van der Waals surface area contributed by atoms with Gasteiger partial charge in [-0.3, -0.25) is 4.79 Å². The number of nitrogens with zero attached hydrogens (tertiary/aromatic N) is 3. The second-order valence-corrected chi connectivity index (χ2v) is 10.5. The predicted molar refractivity (Wildman–Crippen MR) is 110 cm³/mol. The first-order valence-corrected chi connectivity index (χ1v) is 12.0. The van der Waals surface area contributed by atoms with Crippen LogP contribution in [-0.4, -0.2) is 77.8 Å². The molecule has 1 atom stereocenters. The lowest BCUT2D eigenvalue weighted by Crippen LogP contribution is -2.51. The number of alkyl halides is 5. The van der Waals surface area contributed by atoms with Crippen LogP contribution >= 0.6 is 0 Å². The Balaban J connectivity index is 1.73. The maximum absolute atomic E-state index is 13.0. The normalized spacial score (nSPS) is 18.7. The summed E-state index contributed by atoms with van der Waals surface area (Å²) in [5.41, 5.74) is -0.346. The van der Waals surface area contributed by atoms with Crippen molar-refractivity contribution in [2.24, 2.45) is 7.05 Å². The topological polar surface area (TPSA) is 112 Å². The minimum atomic E-state index is -4.93. The molecular formula is C19H23F5N4O5S. The highest BCUT2D eigenvalue weighted by atomic mass is 32.2. The van der Waals surface area contributed by atoms with Gasteiger partial charge in [-0.1, -0.05) is 0 Å². The van der Waals surface area contributed by atoms with Gasteiger partial charge < -0.3 is 19.4 Å². The average Bonchev–Trinajstić information content (AvgIpc) is 3.06. The van der Waals surface area contributed by atoms with E-state index in [9.17, 15) is 35.2 Å². The van der Waals surface area contributed by atoms with Crippen molar-refractivity contribution in [3.8, 4) is 5.88 Å². The molecule has 3 heterocycles. The number of aromatic nitrogens is 3. The van der Waals surface area contributed by atoms with E-state index in [1.54, 1.807) is 6.92 Å². The summed E-state index contributed by atoms with van der Waals surface area (Å²) in [6.45, 7) is -0.758. The summed E-state index contributed by atoms with van der Waals surface area (Å²) in [5.74, 6) is -0.949. The Morgan fingerprint density at radius 3 is 2.44 bits per heavy atom. The molecule has 1 aliphatic rings. The lowest BCUT2D eigenvalue weighted by Gasteiger charge is -2.34. The van der Waals surface area contributed by atoms with Gasteiger partial charge in [0.2, 0.25) is 11.7 Å². The summed E-state index contributed by atoms with van der Waals surface area (Å²) in [6, 6.07) is 2.61. The van der Waals surface area contributed by atoms with Crippen molar-refractivity contribution in [1.82, 2.24) is 19.9 Å². The van der Waals surface area contributed by atoms with Gasteiger partial charge >= 0.3 is 6.18 Å². The molecule has 0 unspecified atom stereocenters. The van der Waals surface area contributed by atoms with Gasteiger partial charge in [-0.25, -0.2) is 22.2 Å². The second-order valence-electron chi connectivity index (χ2n) is 8.22. The van der Waals surface area contributed by atoms with Crippen LogP contribution in [0.1, 0.15) is 30.4 Å². The third-order valence-electron chi connectivity index (χ3n) is 5.41. The molecule has 3 rings (SSSR count). The molecule has 0 radical (unpaired) electrons. The number of pyridine rings is 1. The number of halogens is 5. The van der Waals surface area contributed by atoms with E-state index in [-0.39, 0.29) is 47.2 Å². The predicted octanol–water partition coefficient (Wildman–Crippen LogP) is 2.26. The first kappa shape index (κ1) is 26.1. The molecule has 0 spiro atoms. The van der Waals surface area contributed by atoms with Crippen molar-refractivity contribution in [3.05, 3.63) is 18.0 Å². The molecule has 1 aliphatic heterocycles. The number of nitrogens with one attached hydrogen (secondary N) is 1. The summed E-state index contributed by atoms with van der Waals surface area (Å²) < 4.78 is 97.3. The summed E-state index contributed by atoms with van der Waals surface area (Å²) in [4.78, 5) is 21.0. The van der Waals surface area contributed by atoms with Crippen LogP contribution in [0.3, 0.4) is 0 Å². The third kappa shape index (κ3) is 6.31. The van der Waals surface area contributed by atoms with E-state index in [0.717, 1.165) is 0 Å². The first-order valence-electron chi connectivity index (χ1n) is 10.1. The first-order chi connectivity index (χ1) is 15.7. The van der Waals surface area contributed by atoms with Crippen molar-refractivity contribution in [1.29, 1.82) is 0 Å². The Labute approximate surface area is 191 Å². The van der Waals surface area contributed by atoms with Crippen LogP contribution in [0.2, 0.25) is 0 Å². The van der Waals surface area contributed by atoms with Crippen molar-refractivity contribution >= 4 is 26.9 Å². The minimum absolute atomic E-state index is 0.0391. The number of hydrogen-bond acceptors (Lipinski definition) is 7. The van der Waals surface area contributed by atoms with Gasteiger partial charge in [0, 0.05) is 18.7 Å². The van der Waals surface area contributed by atoms with E-state index < -0.39 is 53.2 Å². The average molecular weight is 514 g/mol. The van der Waals surface area contributed by atoms with Gasteiger partial charge in [0.05, 0.1) is 11.5 Å². The van der Waals surface area contributed by atoms with E-state index in [0.29, 0.717) is 0 Å². The summed E-state index contributed by atoms with van der Waals surface area (Å²) in [6.07, 6.45) is -10.1. The summed E-state index contributed by atoms with van der Waals surface area (Å²) in [7, 11) is -1.66. The molecule has 1 amide bonds. The number of aryl methyl sites for hydroxylation is 1. The fraction of sp³-hybridized carbons (Fsp3) is 0.632. The molecule has 1 fully saturated rings. The molecule has 0 saturated carbocycles. The molecule has 2 aromatic rings. The molecule has 1 saturated heterocycles. The van der Waals surface area contributed by atoms with Gasteiger partial charge in [-0.2, -0.15) is 18.2 Å². The maximum Gasteiger partial charge on any atom is 0.417 e. The van der Waals surface area contributed by atoms with Crippen LogP contribution < -0.4 is 10.1 Å². The van der Waals surface area contributed by atoms with Crippen LogP contribution in [0.15, 0.2) is 12.1 Å². The quantitative estimate of drug-likeness (QED) is 0.538. The molecule has 1 N–H and O–H groups in total. The minimum Gasteiger partial charge on any atom is -0.474 e. The van der Waals surface area contributed by atoms with Gasteiger partial charge in [0.1, 0.15) is 28.6 Å². The van der Waals surface area contributed by atoms with Crippen LogP contribution in [0.5, 0.6) is 5.88 Å². The number of imidazole rings is 1. The molecule has 15 heteroatoms. The van der Waals surface area contributed by atoms with Crippen LogP contribution in [-0.2, 0) is 21.6 Å². The van der Waals surface area contributed by atoms with Crippen LogP contribution in [0.4, 0.5) is 22.0 Å². The fourth-order valence-electron chi connectivity index (χ4n) is 3.36. The molecule has 0 aliphatic carbocycles. The van der Waals surface area contributed by atoms with E-state index >= 15 is 0 Å². The summed E-state index contributed by atoms with van der Waals surface area (Å²) in [5, 5.41) is 2.80. The number of sulfone groups is 1. The van der Waals surface area contributed by atoms with E-state index in [2.05, 4.69) is 20.0 Å². The van der Waals surface area contributed by atoms with Gasteiger partial charge in [-0.15, -0.1) is 0 Å². The highest BCUT2D eigenvalue weighted by Gasteiger charge is 2.42. The SMILES string of the molecule is Cn1c(C(=O)NC2(C)CCS(=O)(=O)CC2)nc2ccc(OC[C@@H](OCC(F)F)C(F)(F)F)nc21. The van der Waals surface area contributed by atoms with E-state index in [4.69, 9.17) is 4.74 Å². The summed E-state index contributed by atoms with van der Waals surface area (Å²) >= 11 is 0. The second kappa shape index (κ2) is 9.60. The van der Waals surface area contributed by atoms with Gasteiger partial charge in [-0.05, 0) is 25.8 Å². The Morgan fingerprint density at radius 1 is 1.21 bits per heavy atom. The van der Waals surface area contributed by atoms with Gasteiger partial charge in [0.25, 0.3) is 12.3 Å². The van der Waals surface area contributed by atoms with Crippen molar-refractivity contribution in [3.63, 3.8) is 0 Å². The Morgan fingerprint density at radius 2 is 1.85 bits per heavy atom. The maximum atomic E-state index is 13.0. The molecule has 0 bridgehead atoms. The number of hydrogen-bond donors (Lipinski definition) is 1. The number of amides is 1. The lowest BCUT2D eigenvalue weighted by molar-refractivity contribution is -0.234. The zero-order valence-electron chi connectivity index (χ0n) is 18.2. The zero-order valence-corrected chi connectivity index (χ0v) is 19.0. The standard InChI is InChI=1S/C19H23F5N4O5S/c1-18(5-7-34(30,31)8-6-18)27-17(29)16-25-11-3-4-14(26-15(11)28(16)2)33-9-12(19(22,23)24)32-10-13(20)21/h3-4,12-13H,5-10H2,1-2H3,(H,27,29)/t12-/m1/s1. The van der Waals surface area contributed by atoms with Crippen LogP contribution in [0, 0.1) is 0 Å². The molecule has 9 nitrogen and oxygen atoms in total. The van der Waals surface area contributed by atoms with Crippen molar-refractivity contribution in [2.45, 2.75) is 44.0 Å². The lowest BCUT2D eigenvalue weighted by atomic mass is 9.95. The largest absolute Gasteiger partial charge is 0.474 e. The number of carbonyl (C=O) groups is 1. The highest BCUT2D eigenvalue weighted by Crippen LogP contribution is 2.26. The Hall–Kier alpha value is -2.55. The third-order valence-corrected chi connectivity index (χ3v) is 7.06. The molecule has 190 valence electrons. The molecule has 34 heavy (non-hydrogen) atoms. The van der Waals surface area contributed by atoms with Crippen LogP contribution in [0.25, 0.3) is 11.2 Å². The van der Waals surface area contributed by atoms with E-state index in [1.807, 2.05) is 0 Å². The van der Waals surface area contributed by atoms with Crippen molar-refractivity contribution < 1.29 is 44.6 Å². The number of ether oxygens (including phenoxy) is 2.